The van der Waals surface area contributed by atoms with E-state index in [9.17, 15) is 0 Å². The van der Waals surface area contributed by atoms with Crippen LogP contribution in [0.1, 0.15) is 5.56 Å². The van der Waals surface area contributed by atoms with Crippen LogP contribution in [0.2, 0.25) is 5.15 Å². The number of nitrogen functional groups attached to an aromatic ring is 1. The summed E-state index contributed by atoms with van der Waals surface area (Å²) in [5.74, 6) is 3.01. The molecule has 5 heteroatoms. The molecule has 0 aliphatic rings. The summed E-state index contributed by atoms with van der Waals surface area (Å²) in [6.45, 7) is 0. The molecule has 0 spiro atoms. The molecule has 0 unspecified atom stereocenters. The second kappa shape index (κ2) is 4.73. The van der Waals surface area contributed by atoms with Crippen molar-refractivity contribution in [1.29, 1.82) is 0 Å². The SMILES string of the molecule is C#Cc1cccc(Nc2ncnc(Cl)c2N)c1. The molecule has 1 heterocycles. The predicted molar refractivity (Wildman–Crippen MR) is 69.1 cm³/mol. The molecule has 3 N–H and O–H groups in total. The van der Waals surface area contributed by atoms with Crippen LogP contribution in [0.3, 0.4) is 0 Å². The first kappa shape index (κ1) is 11.2. The first-order valence-corrected chi connectivity index (χ1v) is 5.18. The van der Waals surface area contributed by atoms with Crippen molar-refractivity contribution in [1.82, 2.24) is 9.97 Å². The Morgan fingerprint density at radius 2 is 2.18 bits per heavy atom. The summed E-state index contributed by atoms with van der Waals surface area (Å²) in [6.07, 6.45) is 6.66. The van der Waals surface area contributed by atoms with Gasteiger partial charge in [0.05, 0.1) is 0 Å². The van der Waals surface area contributed by atoms with Crippen molar-refractivity contribution >= 4 is 28.8 Å². The van der Waals surface area contributed by atoms with Gasteiger partial charge in [0.25, 0.3) is 0 Å². The van der Waals surface area contributed by atoms with E-state index in [0.717, 1.165) is 11.3 Å². The molecule has 84 valence electrons. The van der Waals surface area contributed by atoms with Crippen molar-refractivity contribution in [2.45, 2.75) is 0 Å². The Labute approximate surface area is 104 Å². The van der Waals surface area contributed by atoms with E-state index in [-0.39, 0.29) is 5.15 Å². The minimum Gasteiger partial charge on any atom is -0.393 e. The zero-order valence-electron chi connectivity index (χ0n) is 8.81. The lowest BCUT2D eigenvalue weighted by Gasteiger charge is -2.08. The van der Waals surface area contributed by atoms with E-state index in [0.29, 0.717) is 11.5 Å². The van der Waals surface area contributed by atoms with Gasteiger partial charge >= 0.3 is 0 Å². The number of benzene rings is 1. The molecule has 17 heavy (non-hydrogen) atoms. The highest BCUT2D eigenvalue weighted by Gasteiger charge is 2.05. The third-order valence-electron chi connectivity index (χ3n) is 2.13. The summed E-state index contributed by atoms with van der Waals surface area (Å²) in [4.78, 5) is 7.78. The highest BCUT2D eigenvalue weighted by molar-refractivity contribution is 6.32. The van der Waals surface area contributed by atoms with Crippen LogP contribution < -0.4 is 11.1 Å². The molecule has 0 saturated heterocycles. The van der Waals surface area contributed by atoms with Crippen LogP contribution in [0.15, 0.2) is 30.6 Å². The van der Waals surface area contributed by atoms with Crippen molar-refractivity contribution in [3.63, 3.8) is 0 Å². The van der Waals surface area contributed by atoms with Crippen LogP contribution in [0.4, 0.5) is 17.2 Å². The third kappa shape index (κ3) is 2.47. The van der Waals surface area contributed by atoms with Crippen molar-refractivity contribution < 1.29 is 0 Å². The van der Waals surface area contributed by atoms with Gasteiger partial charge in [0.15, 0.2) is 11.0 Å². The van der Waals surface area contributed by atoms with Crippen molar-refractivity contribution in [3.8, 4) is 12.3 Å². The highest BCUT2D eigenvalue weighted by atomic mass is 35.5. The molecule has 1 aromatic carbocycles. The summed E-state index contributed by atoms with van der Waals surface area (Å²) >= 11 is 5.79. The molecular weight excluding hydrogens is 236 g/mol. The molecule has 0 atom stereocenters. The third-order valence-corrected chi connectivity index (χ3v) is 2.43. The fourth-order valence-electron chi connectivity index (χ4n) is 1.30. The normalized spacial score (nSPS) is 9.65. The molecule has 0 saturated carbocycles. The Morgan fingerprint density at radius 1 is 1.35 bits per heavy atom. The smallest absolute Gasteiger partial charge is 0.158 e. The van der Waals surface area contributed by atoms with Gasteiger partial charge in [0.1, 0.15) is 12.0 Å². The Bertz CT molecular complexity index is 589. The van der Waals surface area contributed by atoms with Crippen LogP contribution in [-0.2, 0) is 0 Å². The van der Waals surface area contributed by atoms with E-state index in [4.69, 9.17) is 23.8 Å². The summed E-state index contributed by atoms with van der Waals surface area (Å²) < 4.78 is 0. The molecule has 1 aromatic heterocycles. The Balaban J connectivity index is 2.32. The second-order valence-electron chi connectivity index (χ2n) is 3.28. The fourth-order valence-corrected chi connectivity index (χ4v) is 1.43. The lowest BCUT2D eigenvalue weighted by atomic mass is 10.2. The molecule has 0 bridgehead atoms. The zero-order chi connectivity index (χ0) is 12.3. The minimum atomic E-state index is 0.218. The molecule has 4 nitrogen and oxygen atoms in total. The van der Waals surface area contributed by atoms with E-state index in [1.54, 1.807) is 0 Å². The standard InChI is InChI=1S/C12H9ClN4/c1-2-8-4-3-5-9(6-8)17-12-10(14)11(13)15-7-16-12/h1,3-7H,14H2,(H,15,16,17). The summed E-state index contributed by atoms with van der Waals surface area (Å²) in [7, 11) is 0. The van der Waals surface area contributed by atoms with Gasteiger partial charge in [-0.25, -0.2) is 9.97 Å². The maximum atomic E-state index is 5.79. The van der Waals surface area contributed by atoms with Crippen molar-refractivity contribution in [3.05, 3.63) is 41.3 Å². The van der Waals surface area contributed by atoms with Gasteiger partial charge < -0.3 is 11.1 Å². The van der Waals surface area contributed by atoms with Crippen molar-refractivity contribution in [2.24, 2.45) is 0 Å². The summed E-state index contributed by atoms with van der Waals surface area (Å²) in [5.41, 5.74) is 7.61. The quantitative estimate of drug-likeness (QED) is 0.629. The van der Waals surface area contributed by atoms with E-state index >= 15 is 0 Å². The zero-order valence-corrected chi connectivity index (χ0v) is 9.57. The minimum absolute atomic E-state index is 0.218. The van der Waals surface area contributed by atoms with E-state index in [2.05, 4.69) is 21.2 Å². The number of halogens is 1. The molecule has 0 radical (unpaired) electrons. The highest BCUT2D eigenvalue weighted by Crippen LogP contribution is 2.25. The Kier molecular flexibility index (Phi) is 3.12. The van der Waals surface area contributed by atoms with E-state index < -0.39 is 0 Å². The van der Waals surface area contributed by atoms with Crippen LogP contribution in [0.25, 0.3) is 0 Å². The van der Waals surface area contributed by atoms with Crippen LogP contribution >= 0.6 is 11.6 Å². The number of nitrogens with one attached hydrogen (secondary N) is 1. The largest absolute Gasteiger partial charge is 0.393 e. The molecule has 0 aliphatic carbocycles. The second-order valence-corrected chi connectivity index (χ2v) is 3.63. The lowest BCUT2D eigenvalue weighted by Crippen LogP contribution is -2.01. The fraction of sp³-hybridized carbons (Fsp3) is 0. The van der Waals surface area contributed by atoms with Gasteiger partial charge in [0.2, 0.25) is 0 Å². The average molecular weight is 245 g/mol. The number of terminal acetylenes is 1. The van der Waals surface area contributed by atoms with Gasteiger partial charge in [-0.2, -0.15) is 0 Å². The first-order chi connectivity index (χ1) is 8.20. The molecule has 2 aromatic rings. The van der Waals surface area contributed by atoms with E-state index in [1.807, 2.05) is 24.3 Å². The Morgan fingerprint density at radius 3 is 2.94 bits per heavy atom. The van der Waals surface area contributed by atoms with Gasteiger partial charge in [-0.1, -0.05) is 23.6 Å². The van der Waals surface area contributed by atoms with Gasteiger partial charge in [-0.05, 0) is 18.2 Å². The topological polar surface area (TPSA) is 63.8 Å². The number of rotatable bonds is 2. The van der Waals surface area contributed by atoms with Crippen LogP contribution in [0, 0.1) is 12.3 Å². The number of hydrogen-bond donors (Lipinski definition) is 2. The summed E-state index contributed by atoms with van der Waals surface area (Å²) in [6, 6.07) is 7.35. The molecule has 0 fully saturated rings. The molecule has 0 aliphatic heterocycles. The van der Waals surface area contributed by atoms with Crippen LogP contribution in [0.5, 0.6) is 0 Å². The maximum absolute atomic E-state index is 5.79. The number of anilines is 3. The van der Waals surface area contributed by atoms with Gasteiger partial charge in [-0.15, -0.1) is 6.42 Å². The number of nitrogens with two attached hydrogens (primary N) is 1. The molecule has 2 rings (SSSR count). The average Bonchev–Trinajstić information content (AvgIpc) is 2.35. The van der Waals surface area contributed by atoms with Gasteiger partial charge in [0, 0.05) is 11.3 Å². The monoisotopic (exact) mass is 244 g/mol. The summed E-state index contributed by atoms with van der Waals surface area (Å²) in [5, 5.41) is 3.25. The Hall–Kier alpha value is -2.25. The number of aromatic nitrogens is 2. The predicted octanol–water partition coefficient (Wildman–Crippen LogP) is 2.44. The van der Waals surface area contributed by atoms with E-state index in [1.165, 1.54) is 6.33 Å². The molecular formula is C12H9ClN4. The van der Waals surface area contributed by atoms with Crippen molar-refractivity contribution in [2.75, 3.05) is 11.1 Å². The molecule has 0 amide bonds. The number of hydrogen-bond acceptors (Lipinski definition) is 4. The lowest BCUT2D eigenvalue weighted by molar-refractivity contribution is 1.17. The maximum Gasteiger partial charge on any atom is 0.158 e. The number of nitrogens with zero attached hydrogens (tertiary/aromatic N) is 2. The van der Waals surface area contributed by atoms with Crippen LogP contribution in [-0.4, -0.2) is 9.97 Å². The first-order valence-electron chi connectivity index (χ1n) is 4.80. The van der Waals surface area contributed by atoms with Gasteiger partial charge in [-0.3, -0.25) is 0 Å².